The number of nitrogens with two attached hydrogens (primary N) is 1. The van der Waals surface area contributed by atoms with E-state index in [1.165, 1.54) is 19.3 Å². The van der Waals surface area contributed by atoms with Crippen molar-refractivity contribution >= 4 is 17.2 Å². The second-order valence-electron chi connectivity index (χ2n) is 5.14. The van der Waals surface area contributed by atoms with E-state index in [0.717, 1.165) is 23.5 Å². The van der Waals surface area contributed by atoms with Crippen molar-refractivity contribution in [2.75, 3.05) is 7.11 Å². The number of hydrogen-bond donors (Lipinski definition) is 1. The first-order valence-electron chi connectivity index (χ1n) is 6.76. The van der Waals surface area contributed by atoms with E-state index in [9.17, 15) is 0 Å². The topological polar surface area (TPSA) is 44.5 Å². The van der Waals surface area contributed by atoms with Gasteiger partial charge in [0.2, 0.25) is 0 Å². The second kappa shape index (κ2) is 6.24. The van der Waals surface area contributed by atoms with Gasteiger partial charge < -0.3 is 15.2 Å². The van der Waals surface area contributed by atoms with E-state index in [-0.39, 0.29) is 6.10 Å². The molecule has 1 aliphatic carbocycles. The second-order valence-corrected chi connectivity index (χ2v) is 5.58. The molecule has 0 aromatic heterocycles. The van der Waals surface area contributed by atoms with Crippen LogP contribution in [0.1, 0.15) is 38.2 Å². The largest absolute Gasteiger partial charge is 0.497 e. The predicted molar refractivity (Wildman–Crippen MR) is 80.9 cm³/mol. The van der Waals surface area contributed by atoms with Crippen molar-refractivity contribution in [3.63, 3.8) is 0 Å². The molecule has 0 aliphatic heterocycles. The van der Waals surface area contributed by atoms with Crippen molar-refractivity contribution in [1.29, 1.82) is 0 Å². The first-order valence-corrected chi connectivity index (χ1v) is 7.17. The van der Waals surface area contributed by atoms with Gasteiger partial charge in [0.1, 0.15) is 22.6 Å². The quantitative estimate of drug-likeness (QED) is 0.859. The van der Waals surface area contributed by atoms with Crippen molar-refractivity contribution < 1.29 is 9.47 Å². The van der Waals surface area contributed by atoms with Crippen molar-refractivity contribution in [2.24, 2.45) is 11.7 Å². The molecular weight excluding hydrogens is 258 g/mol. The number of hydrogen-bond acceptors (Lipinski definition) is 3. The smallest absolute Gasteiger partial charge is 0.133 e. The molecule has 0 amide bonds. The molecule has 2 N–H and O–H groups in total. The Bertz CT molecular complexity index is 461. The third-order valence-corrected chi connectivity index (χ3v) is 3.99. The van der Waals surface area contributed by atoms with Crippen LogP contribution in [0.3, 0.4) is 0 Å². The SMILES string of the molecule is COc1ccc(C(N)=S)c(OC2CCCCC2C)c1. The van der Waals surface area contributed by atoms with Gasteiger partial charge in [0.15, 0.2) is 0 Å². The van der Waals surface area contributed by atoms with Gasteiger partial charge in [0.05, 0.1) is 12.7 Å². The standard InChI is InChI=1S/C15H21NO2S/c1-10-5-3-4-6-13(10)18-14-9-11(17-2)7-8-12(14)15(16)19/h7-10,13H,3-6H2,1-2H3,(H2,16,19). The van der Waals surface area contributed by atoms with E-state index in [1.807, 2.05) is 18.2 Å². The van der Waals surface area contributed by atoms with Crippen molar-refractivity contribution in [1.82, 2.24) is 0 Å². The van der Waals surface area contributed by atoms with Gasteiger partial charge in [-0.25, -0.2) is 0 Å². The van der Waals surface area contributed by atoms with Crippen LogP contribution in [0.4, 0.5) is 0 Å². The number of methoxy groups -OCH3 is 1. The fraction of sp³-hybridized carbons (Fsp3) is 0.533. The van der Waals surface area contributed by atoms with Gasteiger partial charge in [-0.2, -0.15) is 0 Å². The summed E-state index contributed by atoms with van der Waals surface area (Å²) in [7, 11) is 1.64. The van der Waals surface area contributed by atoms with Crippen LogP contribution < -0.4 is 15.2 Å². The minimum Gasteiger partial charge on any atom is -0.497 e. The Kier molecular flexibility index (Phi) is 4.64. The Morgan fingerprint density at radius 2 is 2.05 bits per heavy atom. The highest BCUT2D eigenvalue weighted by atomic mass is 32.1. The summed E-state index contributed by atoms with van der Waals surface area (Å²) in [4.78, 5) is 0.362. The first-order chi connectivity index (χ1) is 9.11. The zero-order valence-corrected chi connectivity index (χ0v) is 12.3. The van der Waals surface area contributed by atoms with Crippen LogP contribution >= 0.6 is 12.2 Å². The Morgan fingerprint density at radius 1 is 1.32 bits per heavy atom. The van der Waals surface area contributed by atoms with Crippen molar-refractivity contribution in [3.05, 3.63) is 23.8 Å². The highest BCUT2D eigenvalue weighted by molar-refractivity contribution is 7.80. The molecule has 0 bridgehead atoms. The molecule has 1 saturated carbocycles. The lowest BCUT2D eigenvalue weighted by Crippen LogP contribution is -2.29. The van der Waals surface area contributed by atoms with Gasteiger partial charge in [-0.1, -0.05) is 25.6 Å². The minimum absolute atomic E-state index is 0.244. The molecule has 1 aliphatic rings. The van der Waals surface area contributed by atoms with E-state index in [4.69, 9.17) is 27.4 Å². The van der Waals surface area contributed by atoms with Crippen LogP contribution in [0, 0.1) is 5.92 Å². The fourth-order valence-electron chi connectivity index (χ4n) is 2.55. The van der Waals surface area contributed by atoms with Gasteiger partial charge in [-0.3, -0.25) is 0 Å². The lowest BCUT2D eigenvalue weighted by Gasteiger charge is -2.30. The molecule has 1 fully saturated rings. The molecular formula is C15H21NO2S. The number of ether oxygens (including phenoxy) is 2. The summed E-state index contributed by atoms with van der Waals surface area (Å²) in [5.41, 5.74) is 6.54. The van der Waals surface area contributed by atoms with E-state index < -0.39 is 0 Å². The van der Waals surface area contributed by atoms with E-state index in [2.05, 4.69) is 6.92 Å². The Balaban J connectivity index is 2.23. The average molecular weight is 279 g/mol. The van der Waals surface area contributed by atoms with Crippen LogP contribution in [0.5, 0.6) is 11.5 Å². The maximum Gasteiger partial charge on any atom is 0.133 e. The first kappa shape index (κ1) is 14.1. The summed E-state index contributed by atoms with van der Waals surface area (Å²) in [6.45, 7) is 2.24. The van der Waals surface area contributed by atoms with Crippen LogP contribution in [-0.2, 0) is 0 Å². The molecule has 19 heavy (non-hydrogen) atoms. The van der Waals surface area contributed by atoms with Gasteiger partial charge in [0, 0.05) is 6.07 Å². The van der Waals surface area contributed by atoms with Crippen LogP contribution in [0.15, 0.2) is 18.2 Å². The average Bonchev–Trinajstić information content (AvgIpc) is 2.41. The van der Waals surface area contributed by atoms with Gasteiger partial charge in [-0.05, 0) is 37.3 Å². The number of benzene rings is 1. The number of thiocarbonyl (C=S) groups is 1. The summed E-state index contributed by atoms with van der Waals surface area (Å²) in [6, 6.07) is 5.59. The Hall–Kier alpha value is -1.29. The maximum atomic E-state index is 6.16. The van der Waals surface area contributed by atoms with E-state index in [1.54, 1.807) is 7.11 Å². The molecule has 1 aromatic carbocycles. The normalized spacial score (nSPS) is 22.8. The fourth-order valence-corrected chi connectivity index (χ4v) is 2.72. The number of rotatable bonds is 4. The maximum absolute atomic E-state index is 6.16. The van der Waals surface area contributed by atoms with Gasteiger partial charge in [-0.15, -0.1) is 0 Å². The molecule has 1 aromatic rings. The molecule has 2 atom stereocenters. The molecule has 104 valence electrons. The van der Waals surface area contributed by atoms with Crippen LogP contribution in [0.25, 0.3) is 0 Å². The summed E-state index contributed by atoms with van der Waals surface area (Å²) in [5.74, 6) is 2.07. The van der Waals surface area contributed by atoms with E-state index in [0.29, 0.717) is 10.9 Å². The lowest BCUT2D eigenvalue weighted by molar-refractivity contribution is 0.102. The Labute approximate surface area is 120 Å². The molecule has 0 radical (unpaired) electrons. The molecule has 3 nitrogen and oxygen atoms in total. The monoisotopic (exact) mass is 279 g/mol. The summed E-state index contributed by atoms with van der Waals surface area (Å²) in [5, 5.41) is 0. The molecule has 2 rings (SSSR count). The third kappa shape index (κ3) is 3.38. The zero-order valence-electron chi connectivity index (χ0n) is 11.5. The summed E-state index contributed by atoms with van der Waals surface area (Å²) < 4.78 is 11.4. The van der Waals surface area contributed by atoms with E-state index >= 15 is 0 Å². The highest BCUT2D eigenvalue weighted by Gasteiger charge is 2.24. The van der Waals surface area contributed by atoms with Crippen molar-refractivity contribution in [2.45, 2.75) is 38.7 Å². The predicted octanol–water partition coefficient (Wildman–Crippen LogP) is 3.29. The molecule has 4 heteroatoms. The van der Waals surface area contributed by atoms with Gasteiger partial charge in [0.25, 0.3) is 0 Å². The van der Waals surface area contributed by atoms with Gasteiger partial charge >= 0.3 is 0 Å². The molecule has 0 heterocycles. The highest BCUT2D eigenvalue weighted by Crippen LogP contribution is 2.31. The third-order valence-electron chi connectivity index (χ3n) is 3.77. The molecule has 2 unspecified atom stereocenters. The zero-order chi connectivity index (χ0) is 13.8. The Morgan fingerprint density at radius 3 is 2.68 bits per heavy atom. The molecule has 0 spiro atoms. The molecule has 0 saturated heterocycles. The summed E-state index contributed by atoms with van der Waals surface area (Å²) >= 11 is 5.08. The summed E-state index contributed by atoms with van der Waals surface area (Å²) in [6.07, 6.45) is 5.07. The lowest BCUT2D eigenvalue weighted by atomic mass is 9.88. The van der Waals surface area contributed by atoms with Crippen LogP contribution in [0.2, 0.25) is 0 Å². The van der Waals surface area contributed by atoms with Crippen LogP contribution in [-0.4, -0.2) is 18.2 Å². The minimum atomic E-state index is 0.244. The van der Waals surface area contributed by atoms with Crippen molar-refractivity contribution in [3.8, 4) is 11.5 Å².